The fraction of sp³-hybridized carbons (Fsp3) is 0.154. The number of rotatable bonds is 3. The second kappa shape index (κ2) is 5.88. The summed E-state index contributed by atoms with van der Waals surface area (Å²) in [5.41, 5.74) is 1.41. The summed E-state index contributed by atoms with van der Waals surface area (Å²) in [6, 6.07) is 4.22. The van der Waals surface area contributed by atoms with Crippen LogP contribution >= 0.6 is 15.9 Å². The largest absolute Gasteiger partial charge is 0.346 e. The Morgan fingerprint density at radius 1 is 1.37 bits per heavy atom. The van der Waals surface area contributed by atoms with Crippen LogP contribution in [0.3, 0.4) is 0 Å². The number of halogens is 2. The molecule has 0 unspecified atom stereocenters. The van der Waals surface area contributed by atoms with Gasteiger partial charge in [-0.05, 0) is 25.1 Å². The maximum absolute atomic E-state index is 13.5. The number of nitrogens with zero attached hydrogens (tertiary/aromatic N) is 2. The van der Waals surface area contributed by atoms with Crippen LogP contribution < -0.4 is 5.32 Å². The van der Waals surface area contributed by atoms with E-state index in [4.69, 9.17) is 0 Å². The topological polar surface area (TPSA) is 54.9 Å². The number of amides is 1. The van der Waals surface area contributed by atoms with Crippen molar-refractivity contribution in [2.45, 2.75) is 13.5 Å². The van der Waals surface area contributed by atoms with E-state index in [-0.39, 0.29) is 12.1 Å². The van der Waals surface area contributed by atoms with Gasteiger partial charge in [-0.3, -0.25) is 14.8 Å². The lowest BCUT2D eigenvalue weighted by Crippen LogP contribution is -2.24. The average Bonchev–Trinajstić information content (AvgIpc) is 2.40. The quantitative estimate of drug-likeness (QED) is 0.944. The van der Waals surface area contributed by atoms with Crippen molar-refractivity contribution in [3.63, 3.8) is 0 Å². The van der Waals surface area contributed by atoms with E-state index in [0.717, 1.165) is 5.69 Å². The van der Waals surface area contributed by atoms with E-state index in [1.165, 1.54) is 18.2 Å². The molecule has 1 N–H and O–H groups in total. The lowest BCUT2D eigenvalue weighted by atomic mass is 10.2. The molecule has 19 heavy (non-hydrogen) atoms. The van der Waals surface area contributed by atoms with Crippen LogP contribution in [0.4, 0.5) is 4.39 Å². The number of benzene rings is 1. The lowest BCUT2D eigenvalue weighted by Gasteiger charge is -2.06. The molecule has 0 bridgehead atoms. The van der Waals surface area contributed by atoms with Crippen molar-refractivity contribution in [2.24, 2.45) is 0 Å². The van der Waals surface area contributed by atoms with Crippen LogP contribution in [0, 0.1) is 12.7 Å². The van der Waals surface area contributed by atoms with Gasteiger partial charge in [0.25, 0.3) is 5.91 Å². The molecule has 0 aliphatic rings. The third-order valence-corrected chi connectivity index (χ3v) is 2.93. The van der Waals surface area contributed by atoms with Crippen LogP contribution in [-0.2, 0) is 6.54 Å². The summed E-state index contributed by atoms with van der Waals surface area (Å²) in [4.78, 5) is 20.0. The SMILES string of the molecule is Cc1cnc(CNC(=O)c2cc(Br)ccc2F)cn1. The molecule has 1 heterocycles. The van der Waals surface area contributed by atoms with E-state index in [1.807, 2.05) is 6.92 Å². The number of carbonyl (C=O) groups is 1. The van der Waals surface area contributed by atoms with Gasteiger partial charge in [0.2, 0.25) is 0 Å². The smallest absolute Gasteiger partial charge is 0.254 e. The predicted molar refractivity (Wildman–Crippen MR) is 72.0 cm³/mol. The van der Waals surface area contributed by atoms with Gasteiger partial charge in [0.05, 0.1) is 29.7 Å². The lowest BCUT2D eigenvalue weighted by molar-refractivity contribution is 0.0946. The van der Waals surface area contributed by atoms with Crippen LogP contribution in [0.1, 0.15) is 21.7 Å². The fourth-order valence-electron chi connectivity index (χ4n) is 1.45. The standard InChI is InChI=1S/C13H11BrFN3O/c1-8-5-17-10(6-16-8)7-18-13(19)11-4-9(14)2-3-12(11)15/h2-6H,7H2,1H3,(H,18,19). The van der Waals surface area contributed by atoms with Crippen LogP contribution in [0.2, 0.25) is 0 Å². The molecular weight excluding hydrogens is 313 g/mol. The summed E-state index contributed by atoms with van der Waals surface area (Å²) in [5.74, 6) is -1.04. The second-order valence-corrected chi connectivity index (χ2v) is 4.87. The van der Waals surface area contributed by atoms with Crippen molar-refractivity contribution in [2.75, 3.05) is 0 Å². The van der Waals surface area contributed by atoms with Gasteiger partial charge in [0.1, 0.15) is 5.82 Å². The molecule has 0 saturated heterocycles. The monoisotopic (exact) mass is 323 g/mol. The number of carbonyl (C=O) groups excluding carboxylic acids is 1. The minimum atomic E-state index is -0.560. The van der Waals surface area contributed by atoms with Crippen molar-refractivity contribution >= 4 is 21.8 Å². The van der Waals surface area contributed by atoms with Gasteiger partial charge in [-0.15, -0.1) is 0 Å². The third kappa shape index (κ3) is 3.57. The van der Waals surface area contributed by atoms with Gasteiger partial charge in [0.15, 0.2) is 0 Å². The van der Waals surface area contributed by atoms with E-state index < -0.39 is 11.7 Å². The third-order valence-electron chi connectivity index (χ3n) is 2.44. The highest BCUT2D eigenvalue weighted by atomic mass is 79.9. The number of aryl methyl sites for hydroxylation is 1. The number of hydrogen-bond donors (Lipinski definition) is 1. The Labute approximate surface area is 118 Å². The van der Waals surface area contributed by atoms with E-state index in [2.05, 4.69) is 31.2 Å². The Kier molecular flexibility index (Phi) is 4.21. The second-order valence-electron chi connectivity index (χ2n) is 3.96. The average molecular weight is 324 g/mol. The number of nitrogens with one attached hydrogen (secondary N) is 1. The van der Waals surface area contributed by atoms with Crippen molar-refractivity contribution < 1.29 is 9.18 Å². The summed E-state index contributed by atoms with van der Waals surface area (Å²) < 4.78 is 14.1. The molecule has 0 atom stereocenters. The predicted octanol–water partition coefficient (Wildman–Crippen LogP) is 2.62. The van der Waals surface area contributed by atoms with Crippen LogP contribution in [0.5, 0.6) is 0 Å². The molecule has 2 rings (SSSR count). The maximum Gasteiger partial charge on any atom is 0.254 e. The molecule has 1 amide bonds. The minimum absolute atomic E-state index is 0.00514. The highest BCUT2D eigenvalue weighted by molar-refractivity contribution is 9.10. The first-order chi connectivity index (χ1) is 9.06. The molecule has 6 heteroatoms. The zero-order valence-electron chi connectivity index (χ0n) is 10.2. The van der Waals surface area contributed by atoms with Gasteiger partial charge in [0, 0.05) is 10.7 Å². The summed E-state index contributed by atoms with van der Waals surface area (Å²) in [5, 5.41) is 2.60. The van der Waals surface area contributed by atoms with E-state index in [1.54, 1.807) is 12.4 Å². The minimum Gasteiger partial charge on any atom is -0.346 e. The first-order valence-electron chi connectivity index (χ1n) is 5.57. The first-order valence-corrected chi connectivity index (χ1v) is 6.36. The molecule has 0 spiro atoms. The molecule has 0 aliphatic carbocycles. The molecule has 1 aromatic heterocycles. The van der Waals surface area contributed by atoms with Crippen LogP contribution in [0.15, 0.2) is 35.1 Å². The maximum atomic E-state index is 13.5. The van der Waals surface area contributed by atoms with Crippen molar-refractivity contribution in [1.29, 1.82) is 0 Å². The van der Waals surface area contributed by atoms with Crippen molar-refractivity contribution in [3.05, 3.63) is 57.8 Å². The van der Waals surface area contributed by atoms with Crippen molar-refractivity contribution in [3.8, 4) is 0 Å². The Morgan fingerprint density at radius 2 is 2.16 bits per heavy atom. The Bertz CT molecular complexity index is 601. The van der Waals surface area contributed by atoms with Crippen molar-refractivity contribution in [1.82, 2.24) is 15.3 Å². The van der Waals surface area contributed by atoms with Crippen LogP contribution in [-0.4, -0.2) is 15.9 Å². The van der Waals surface area contributed by atoms with Gasteiger partial charge in [-0.25, -0.2) is 4.39 Å². The molecule has 0 radical (unpaired) electrons. The fourth-order valence-corrected chi connectivity index (χ4v) is 1.81. The summed E-state index contributed by atoms with van der Waals surface area (Å²) in [7, 11) is 0. The Hall–Kier alpha value is -1.82. The molecule has 0 fully saturated rings. The molecule has 0 aliphatic heterocycles. The number of hydrogen-bond acceptors (Lipinski definition) is 3. The normalized spacial score (nSPS) is 10.3. The molecular formula is C13H11BrFN3O. The Balaban J connectivity index is 2.05. The number of aromatic nitrogens is 2. The summed E-state index contributed by atoms with van der Waals surface area (Å²) in [6.07, 6.45) is 3.19. The van der Waals surface area contributed by atoms with E-state index in [9.17, 15) is 9.18 Å². The van der Waals surface area contributed by atoms with Gasteiger partial charge < -0.3 is 5.32 Å². The van der Waals surface area contributed by atoms with Gasteiger partial charge in [-0.2, -0.15) is 0 Å². The zero-order chi connectivity index (χ0) is 13.8. The molecule has 1 aromatic carbocycles. The molecule has 0 saturated carbocycles. The van der Waals surface area contributed by atoms with Crippen LogP contribution in [0.25, 0.3) is 0 Å². The first kappa shape index (κ1) is 13.6. The van der Waals surface area contributed by atoms with E-state index >= 15 is 0 Å². The molecule has 4 nitrogen and oxygen atoms in total. The summed E-state index contributed by atoms with van der Waals surface area (Å²) >= 11 is 3.20. The zero-order valence-corrected chi connectivity index (χ0v) is 11.7. The molecule has 2 aromatic rings. The Morgan fingerprint density at radius 3 is 2.84 bits per heavy atom. The van der Waals surface area contributed by atoms with Gasteiger partial charge >= 0.3 is 0 Å². The summed E-state index contributed by atoms with van der Waals surface area (Å²) in [6.45, 7) is 2.03. The highest BCUT2D eigenvalue weighted by Crippen LogP contribution is 2.15. The van der Waals surface area contributed by atoms with Gasteiger partial charge in [-0.1, -0.05) is 15.9 Å². The molecule has 98 valence electrons. The highest BCUT2D eigenvalue weighted by Gasteiger charge is 2.11. The van der Waals surface area contributed by atoms with E-state index in [0.29, 0.717) is 10.2 Å².